The Kier molecular flexibility index (Phi) is 4.84. The van der Waals surface area contributed by atoms with Gasteiger partial charge in [-0.25, -0.2) is 4.79 Å². The van der Waals surface area contributed by atoms with E-state index in [1.807, 2.05) is 37.3 Å². The monoisotopic (exact) mass is 434 g/mol. The second kappa shape index (κ2) is 7.04. The molecule has 0 aliphatic carbocycles. The molecule has 122 valence electrons. The number of imide groups is 1. The summed E-state index contributed by atoms with van der Waals surface area (Å²) in [6.07, 6.45) is 1.63. The first-order chi connectivity index (χ1) is 11.5. The summed E-state index contributed by atoms with van der Waals surface area (Å²) < 4.78 is 6.78. The van der Waals surface area contributed by atoms with Crippen molar-refractivity contribution in [3.63, 3.8) is 0 Å². The molecular weight excluding hydrogens is 419 g/mol. The van der Waals surface area contributed by atoms with E-state index in [1.54, 1.807) is 6.08 Å². The van der Waals surface area contributed by atoms with Crippen molar-refractivity contribution in [2.45, 2.75) is 13.5 Å². The average molecular weight is 434 g/mol. The van der Waals surface area contributed by atoms with Crippen LogP contribution in [-0.4, -0.2) is 11.9 Å². The molecule has 1 saturated heterocycles. The third kappa shape index (κ3) is 3.94. The van der Waals surface area contributed by atoms with Crippen LogP contribution in [-0.2, 0) is 11.4 Å². The lowest BCUT2D eigenvalue weighted by atomic mass is 10.1. The number of hydrogen-bond acceptors (Lipinski definition) is 3. The fourth-order valence-corrected chi connectivity index (χ4v) is 2.91. The van der Waals surface area contributed by atoms with Crippen LogP contribution in [0.25, 0.3) is 6.08 Å². The van der Waals surface area contributed by atoms with Crippen molar-refractivity contribution in [1.82, 2.24) is 10.6 Å². The molecule has 0 atom stereocenters. The van der Waals surface area contributed by atoms with Gasteiger partial charge in [-0.2, -0.15) is 0 Å². The summed E-state index contributed by atoms with van der Waals surface area (Å²) in [5.41, 5.74) is 3.38. The van der Waals surface area contributed by atoms with Crippen LogP contribution in [0.1, 0.15) is 16.7 Å². The Morgan fingerprint density at radius 1 is 1.08 bits per heavy atom. The lowest BCUT2D eigenvalue weighted by Gasteiger charge is -2.09. The number of ether oxygens (including phenoxy) is 1. The van der Waals surface area contributed by atoms with Crippen LogP contribution in [0, 0.1) is 10.5 Å². The first-order valence-electron chi connectivity index (χ1n) is 7.33. The van der Waals surface area contributed by atoms with Crippen LogP contribution in [0.15, 0.2) is 48.2 Å². The lowest BCUT2D eigenvalue weighted by Crippen LogP contribution is -2.22. The molecule has 24 heavy (non-hydrogen) atoms. The fourth-order valence-electron chi connectivity index (χ4n) is 2.22. The van der Waals surface area contributed by atoms with Crippen LogP contribution < -0.4 is 15.4 Å². The molecule has 1 heterocycles. The first-order valence-corrected chi connectivity index (χ1v) is 8.41. The van der Waals surface area contributed by atoms with Gasteiger partial charge in [-0.1, -0.05) is 35.9 Å². The van der Waals surface area contributed by atoms with Crippen molar-refractivity contribution in [1.29, 1.82) is 0 Å². The molecule has 0 radical (unpaired) electrons. The first kappa shape index (κ1) is 16.5. The number of amides is 3. The van der Waals surface area contributed by atoms with E-state index in [2.05, 4.69) is 45.4 Å². The largest absolute Gasteiger partial charge is 0.488 e. The maximum atomic E-state index is 11.5. The summed E-state index contributed by atoms with van der Waals surface area (Å²) in [4.78, 5) is 22.6. The van der Waals surface area contributed by atoms with E-state index in [1.165, 1.54) is 5.56 Å². The smallest absolute Gasteiger partial charge is 0.326 e. The molecule has 3 amide bonds. The number of halogens is 1. The van der Waals surface area contributed by atoms with Crippen LogP contribution in [0.5, 0.6) is 5.75 Å². The van der Waals surface area contributed by atoms with E-state index in [0.29, 0.717) is 6.61 Å². The minimum atomic E-state index is -0.501. The molecule has 1 aliphatic heterocycles. The van der Waals surface area contributed by atoms with Gasteiger partial charge < -0.3 is 10.1 Å². The number of aryl methyl sites for hydroxylation is 1. The van der Waals surface area contributed by atoms with Crippen LogP contribution >= 0.6 is 22.6 Å². The molecule has 1 fully saturated rings. The number of rotatable bonds is 4. The van der Waals surface area contributed by atoms with Gasteiger partial charge in [0.1, 0.15) is 18.1 Å². The molecule has 0 spiro atoms. The summed E-state index contributed by atoms with van der Waals surface area (Å²) in [6, 6.07) is 13.3. The quantitative estimate of drug-likeness (QED) is 0.441. The number of hydrogen-bond donors (Lipinski definition) is 2. The molecule has 0 saturated carbocycles. The SMILES string of the molecule is Cc1ccc(COc2ccc(/C=C3/NC(=O)NC3=O)cc2I)cc1. The fraction of sp³-hybridized carbons (Fsp3) is 0.111. The highest BCUT2D eigenvalue weighted by Crippen LogP contribution is 2.24. The zero-order valence-corrected chi connectivity index (χ0v) is 15.1. The molecule has 1 aliphatic rings. The van der Waals surface area contributed by atoms with Crippen molar-refractivity contribution >= 4 is 40.6 Å². The van der Waals surface area contributed by atoms with E-state index in [9.17, 15) is 9.59 Å². The number of carbonyl (C=O) groups is 2. The number of nitrogens with one attached hydrogen (secondary N) is 2. The molecule has 2 N–H and O–H groups in total. The van der Waals surface area contributed by atoms with Gasteiger partial charge in [0, 0.05) is 0 Å². The second-order valence-electron chi connectivity index (χ2n) is 5.43. The molecule has 5 nitrogen and oxygen atoms in total. The molecule has 0 bridgehead atoms. The van der Waals surface area contributed by atoms with Gasteiger partial charge in [0.25, 0.3) is 5.91 Å². The van der Waals surface area contributed by atoms with Gasteiger partial charge in [0.2, 0.25) is 0 Å². The van der Waals surface area contributed by atoms with E-state index in [4.69, 9.17) is 4.74 Å². The Morgan fingerprint density at radius 2 is 1.83 bits per heavy atom. The van der Waals surface area contributed by atoms with Gasteiger partial charge in [-0.3, -0.25) is 10.1 Å². The van der Waals surface area contributed by atoms with Crippen LogP contribution in [0.2, 0.25) is 0 Å². The molecule has 6 heteroatoms. The van der Waals surface area contributed by atoms with Crippen molar-refractivity contribution in [2.75, 3.05) is 0 Å². The van der Waals surface area contributed by atoms with Crippen molar-refractivity contribution in [2.24, 2.45) is 0 Å². The zero-order valence-electron chi connectivity index (χ0n) is 12.9. The van der Waals surface area contributed by atoms with Gasteiger partial charge in [0.15, 0.2) is 0 Å². The predicted octanol–water partition coefficient (Wildman–Crippen LogP) is 3.36. The van der Waals surface area contributed by atoms with E-state index < -0.39 is 11.9 Å². The molecule has 0 unspecified atom stereocenters. The second-order valence-corrected chi connectivity index (χ2v) is 6.59. The molecule has 3 rings (SSSR count). The summed E-state index contributed by atoms with van der Waals surface area (Å²) in [7, 11) is 0. The Morgan fingerprint density at radius 3 is 2.46 bits per heavy atom. The Bertz CT molecular complexity index is 829. The third-order valence-electron chi connectivity index (χ3n) is 3.50. The standard InChI is InChI=1S/C18H15IN2O3/c1-11-2-4-12(5-3-11)10-24-16-7-6-13(8-14(16)19)9-15-17(22)21-18(23)20-15/h2-9H,10H2,1H3,(H2,20,21,22,23)/b15-9+. The Labute approximate surface area is 153 Å². The van der Waals surface area contributed by atoms with Gasteiger partial charge in [-0.15, -0.1) is 0 Å². The maximum Gasteiger partial charge on any atom is 0.326 e. The van der Waals surface area contributed by atoms with Crippen LogP contribution in [0.3, 0.4) is 0 Å². The topological polar surface area (TPSA) is 67.4 Å². The van der Waals surface area contributed by atoms with Crippen molar-refractivity contribution in [3.05, 3.63) is 68.4 Å². The normalized spacial score (nSPS) is 15.3. The van der Waals surface area contributed by atoms with Crippen LogP contribution in [0.4, 0.5) is 4.79 Å². The van der Waals surface area contributed by atoms with Gasteiger partial charge in [-0.05, 0) is 58.9 Å². The summed E-state index contributed by atoms with van der Waals surface area (Å²) >= 11 is 2.19. The Hall–Kier alpha value is -2.35. The zero-order chi connectivity index (χ0) is 17.1. The van der Waals surface area contributed by atoms with Gasteiger partial charge in [0.05, 0.1) is 3.57 Å². The van der Waals surface area contributed by atoms with E-state index in [-0.39, 0.29) is 5.70 Å². The van der Waals surface area contributed by atoms with Gasteiger partial charge >= 0.3 is 6.03 Å². The number of benzene rings is 2. The highest BCUT2D eigenvalue weighted by Gasteiger charge is 2.22. The predicted molar refractivity (Wildman–Crippen MR) is 99.3 cm³/mol. The molecule has 2 aromatic rings. The minimum Gasteiger partial charge on any atom is -0.488 e. The minimum absolute atomic E-state index is 0.240. The third-order valence-corrected chi connectivity index (χ3v) is 4.34. The summed E-state index contributed by atoms with van der Waals surface area (Å²) in [5, 5.41) is 4.64. The lowest BCUT2D eigenvalue weighted by molar-refractivity contribution is -0.115. The summed E-state index contributed by atoms with van der Waals surface area (Å²) in [5.74, 6) is 0.355. The van der Waals surface area contributed by atoms with E-state index >= 15 is 0 Å². The highest BCUT2D eigenvalue weighted by molar-refractivity contribution is 14.1. The van der Waals surface area contributed by atoms with Crippen molar-refractivity contribution < 1.29 is 14.3 Å². The van der Waals surface area contributed by atoms with E-state index in [0.717, 1.165) is 20.4 Å². The summed E-state index contributed by atoms with van der Waals surface area (Å²) in [6.45, 7) is 2.54. The molecular formula is C18H15IN2O3. The average Bonchev–Trinajstić information content (AvgIpc) is 2.86. The maximum absolute atomic E-state index is 11.5. The number of carbonyl (C=O) groups excluding carboxylic acids is 2. The molecule has 0 aromatic heterocycles. The van der Waals surface area contributed by atoms with Crippen molar-refractivity contribution in [3.8, 4) is 5.75 Å². The number of urea groups is 1. The Balaban J connectivity index is 1.70. The molecule has 2 aromatic carbocycles. The highest BCUT2D eigenvalue weighted by atomic mass is 127.